The van der Waals surface area contributed by atoms with E-state index in [9.17, 15) is 40.0 Å². The van der Waals surface area contributed by atoms with Gasteiger partial charge in [0.15, 0.2) is 0 Å². The second-order valence-corrected chi connectivity index (χ2v) is 8.21. The molecule has 14 heteroatoms. The van der Waals surface area contributed by atoms with Crippen LogP contribution in [0.3, 0.4) is 0 Å². The fraction of sp³-hybridized carbons (Fsp3) is 0.231. The van der Waals surface area contributed by atoms with Crippen LogP contribution < -0.4 is 9.47 Å². The number of nitro groups is 2. The van der Waals surface area contributed by atoms with Crippen molar-refractivity contribution in [3.8, 4) is 11.5 Å². The van der Waals surface area contributed by atoms with Crippen molar-refractivity contribution in [2.24, 2.45) is 0 Å². The van der Waals surface area contributed by atoms with E-state index in [1.165, 1.54) is 60.7 Å². The molecule has 0 spiro atoms. The Bertz CT molecular complexity index is 1240. The zero-order valence-corrected chi connectivity index (χ0v) is 20.8. The van der Waals surface area contributed by atoms with E-state index in [0.29, 0.717) is 11.5 Å². The molecule has 14 nitrogen and oxygen atoms in total. The molecule has 2 atom stereocenters. The molecular formula is C26H24N2O12. The summed E-state index contributed by atoms with van der Waals surface area (Å²) in [6.45, 7) is -1.22. The first-order chi connectivity index (χ1) is 19.1. The van der Waals surface area contributed by atoms with Crippen molar-refractivity contribution in [1.82, 2.24) is 0 Å². The third-order valence-electron chi connectivity index (χ3n) is 5.11. The van der Waals surface area contributed by atoms with Crippen LogP contribution in [0.5, 0.6) is 11.5 Å². The van der Waals surface area contributed by atoms with Crippen molar-refractivity contribution in [2.45, 2.75) is 12.2 Å². The summed E-state index contributed by atoms with van der Waals surface area (Å²) < 4.78 is 20.8. The summed E-state index contributed by atoms with van der Waals surface area (Å²) in [5.41, 5.74) is -0.573. The van der Waals surface area contributed by atoms with E-state index >= 15 is 0 Å². The van der Waals surface area contributed by atoms with Crippen LogP contribution in [0.2, 0.25) is 0 Å². The van der Waals surface area contributed by atoms with Gasteiger partial charge in [-0.15, -0.1) is 0 Å². The summed E-state index contributed by atoms with van der Waals surface area (Å²) in [6, 6.07) is 16.2. The molecule has 2 N–H and O–H groups in total. The number of rotatable bonds is 14. The molecule has 0 saturated carbocycles. The lowest BCUT2D eigenvalue weighted by atomic mass is 10.2. The number of aliphatic hydroxyl groups is 2. The molecule has 0 aromatic heterocycles. The van der Waals surface area contributed by atoms with Gasteiger partial charge in [0.1, 0.15) is 50.1 Å². The van der Waals surface area contributed by atoms with E-state index in [2.05, 4.69) is 0 Å². The van der Waals surface area contributed by atoms with Gasteiger partial charge in [0.25, 0.3) is 11.4 Å². The maximum absolute atomic E-state index is 12.0. The number of ether oxygens (including phenoxy) is 4. The normalized spacial score (nSPS) is 12.1. The van der Waals surface area contributed by atoms with Gasteiger partial charge in [-0.05, 0) is 36.4 Å². The zero-order chi connectivity index (χ0) is 29.1. The predicted molar refractivity (Wildman–Crippen MR) is 136 cm³/mol. The summed E-state index contributed by atoms with van der Waals surface area (Å²) in [4.78, 5) is 44.4. The van der Waals surface area contributed by atoms with E-state index in [0.717, 1.165) is 12.1 Å². The summed E-state index contributed by atoms with van der Waals surface area (Å²) in [5, 5.41) is 41.7. The van der Waals surface area contributed by atoms with Crippen molar-refractivity contribution in [1.29, 1.82) is 0 Å². The van der Waals surface area contributed by atoms with E-state index in [-0.39, 0.29) is 35.7 Å². The number of benzene rings is 3. The Labute approximate surface area is 226 Å². The van der Waals surface area contributed by atoms with Gasteiger partial charge in [0.2, 0.25) is 0 Å². The fourth-order valence-electron chi connectivity index (χ4n) is 3.12. The first kappa shape index (κ1) is 29.5. The van der Waals surface area contributed by atoms with Crippen molar-refractivity contribution in [3.63, 3.8) is 0 Å². The molecule has 0 unspecified atom stereocenters. The van der Waals surface area contributed by atoms with Crippen LogP contribution in [-0.2, 0) is 9.47 Å². The van der Waals surface area contributed by atoms with Gasteiger partial charge in [-0.25, -0.2) is 9.59 Å². The van der Waals surface area contributed by atoms with E-state index in [1.54, 1.807) is 0 Å². The number of esters is 2. The minimum Gasteiger partial charge on any atom is -0.491 e. The highest BCUT2D eigenvalue weighted by Gasteiger charge is 2.16. The van der Waals surface area contributed by atoms with Crippen LogP contribution >= 0.6 is 0 Å². The van der Waals surface area contributed by atoms with Crippen LogP contribution in [-0.4, -0.2) is 70.6 Å². The fourth-order valence-corrected chi connectivity index (χ4v) is 3.12. The third kappa shape index (κ3) is 9.04. The highest BCUT2D eigenvalue weighted by Crippen LogP contribution is 2.19. The first-order valence-electron chi connectivity index (χ1n) is 11.7. The molecule has 0 aliphatic heterocycles. The largest absolute Gasteiger partial charge is 0.491 e. The maximum atomic E-state index is 12.0. The van der Waals surface area contributed by atoms with Crippen molar-refractivity contribution >= 4 is 23.3 Å². The second kappa shape index (κ2) is 14.2. The Morgan fingerprint density at radius 3 is 1.38 bits per heavy atom. The quantitative estimate of drug-likeness (QED) is 0.167. The van der Waals surface area contributed by atoms with Crippen molar-refractivity contribution in [3.05, 3.63) is 104 Å². The average molecular weight is 556 g/mol. The average Bonchev–Trinajstić information content (AvgIpc) is 2.97. The van der Waals surface area contributed by atoms with Crippen molar-refractivity contribution < 1.29 is 48.6 Å². The van der Waals surface area contributed by atoms with Crippen LogP contribution in [0.4, 0.5) is 11.4 Å². The molecule has 3 aromatic rings. The van der Waals surface area contributed by atoms with Gasteiger partial charge < -0.3 is 29.2 Å². The highest BCUT2D eigenvalue weighted by atomic mass is 16.6. The number of nitro benzene ring substituents is 2. The SMILES string of the molecule is O=C(OC[C@H](O)COc1ccc(OC[C@@H](O)COC(=O)c2cccc([N+](=O)[O-])c2)cc1)c1cccc([N+](=O)[O-])c1. The summed E-state index contributed by atoms with van der Waals surface area (Å²) in [7, 11) is 0. The summed E-state index contributed by atoms with van der Waals surface area (Å²) in [5.74, 6) is -0.929. The van der Waals surface area contributed by atoms with Crippen molar-refractivity contribution in [2.75, 3.05) is 26.4 Å². The Kier molecular flexibility index (Phi) is 10.4. The van der Waals surface area contributed by atoms with E-state index in [4.69, 9.17) is 18.9 Å². The summed E-state index contributed by atoms with van der Waals surface area (Å²) >= 11 is 0. The minimum absolute atomic E-state index is 0.0244. The minimum atomic E-state index is -1.17. The molecule has 0 aliphatic carbocycles. The topological polar surface area (TPSA) is 198 Å². The van der Waals surface area contributed by atoms with Crippen LogP contribution in [0, 0.1) is 20.2 Å². The van der Waals surface area contributed by atoms with Gasteiger partial charge in [-0.1, -0.05) is 12.1 Å². The van der Waals surface area contributed by atoms with E-state index < -0.39 is 47.2 Å². The third-order valence-corrected chi connectivity index (χ3v) is 5.11. The smallest absolute Gasteiger partial charge is 0.338 e. The molecular weight excluding hydrogens is 532 g/mol. The number of non-ortho nitro benzene ring substituents is 2. The maximum Gasteiger partial charge on any atom is 0.338 e. The molecule has 0 bridgehead atoms. The Balaban J connectivity index is 1.36. The van der Waals surface area contributed by atoms with Crippen LogP contribution in [0.15, 0.2) is 72.8 Å². The highest BCUT2D eigenvalue weighted by molar-refractivity contribution is 5.90. The number of hydrogen-bond donors (Lipinski definition) is 2. The molecule has 0 radical (unpaired) electrons. The summed E-state index contributed by atoms with van der Waals surface area (Å²) in [6.07, 6.45) is -2.34. The number of nitrogens with zero attached hydrogens (tertiary/aromatic N) is 2. The van der Waals surface area contributed by atoms with Gasteiger partial charge in [0, 0.05) is 24.3 Å². The number of aliphatic hydroxyl groups excluding tert-OH is 2. The van der Waals surface area contributed by atoms with Gasteiger partial charge in [-0.3, -0.25) is 20.2 Å². The molecule has 3 rings (SSSR count). The standard InChI is InChI=1S/C26H24N2O12/c29-21(15-39-25(31)17-3-1-5-19(11-17)27(33)34)13-37-23-7-9-24(10-8-23)38-14-22(30)16-40-26(32)18-4-2-6-20(12-18)28(35)36/h1-12,21-22,29-30H,13-16H2/t21-,22-/m1/s1. The van der Waals surface area contributed by atoms with Gasteiger partial charge >= 0.3 is 11.9 Å². The van der Waals surface area contributed by atoms with E-state index in [1.807, 2.05) is 0 Å². The lowest BCUT2D eigenvalue weighted by Crippen LogP contribution is -2.25. The van der Waals surface area contributed by atoms with Gasteiger partial charge in [-0.2, -0.15) is 0 Å². The molecule has 210 valence electrons. The lowest BCUT2D eigenvalue weighted by Gasteiger charge is -2.14. The second-order valence-electron chi connectivity index (χ2n) is 8.21. The molecule has 0 amide bonds. The number of hydrogen-bond acceptors (Lipinski definition) is 12. The molecule has 0 heterocycles. The van der Waals surface area contributed by atoms with Gasteiger partial charge in [0.05, 0.1) is 21.0 Å². The number of carbonyl (C=O) groups excluding carboxylic acids is 2. The molecule has 40 heavy (non-hydrogen) atoms. The van der Waals surface area contributed by atoms with Crippen LogP contribution in [0.1, 0.15) is 20.7 Å². The molecule has 3 aromatic carbocycles. The Morgan fingerprint density at radius 1 is 0.650 bits per heavy atom. The first-order valence-corrected chi connectivity index (χ1v) is 11.7. The zero-order valence-electron chi connectivity index (χ0n) is 20.8. The lowest BCUT2D eigenvalue weighted by molar-refractivity contribution is -0.385. The molecule has 0 aliphatic rings. The monoisotopic (exact) mass is 556 g/mol. The molecule has 0 saturated heterocycles. The molecule has 0 fully saturated rings. The predicted octanol–water partition coefficient (Wildman–Crippen LogP) is 2.70. The Morgan fingerprint density at radius 2 is 1.02 bits per heavy atom. The Hall–Kier alpha value is -5.08. The number of carbonyl (C=O) groups is 2. The van der Waals surface area contributed by atoms with Crippen LogP contribution in [0.25, 0.3) is 0 Å².